The summed E-state index contributed by atoms with van der Waals surface area (Å²) in [5.41, 5.74) is 0. The summed E-state index contributed by atoms with van der Waals surface area (Å²) in [7, 11) is 0. The number of hydrogen-bond donors (Lipinski definition) is 2. The Hall–Kier alpha value is -2.00. The number of hydrogen-bond acceptors (Lipinski definition) is 8. The fourth-order valence-corrected chi connectivity index (χ4v) is 3.59. The van der Waals surface area contributed by atoms with Crippen molar-refractivity contribution in [3.8, 4) is 0 Å². The van der Waals surface area contributed by atoms with E-state index in [1.165, 1.54) is 0 Å². The molecule has 0 aliphatic carbocycles. The smallest absolute Gasteiger partial charge is 0.274 e. The molecule has 0 amide bonds. The van der Waals surface area contributed by atoms with E-state index in [4.69, 9.17) is 0 Å². The average molecular weight is 382 g/mol. The van der Waals surface area contributed by atoms with Crippen LogP contribution < -0.4 is 10.6 Å². The van der Waals surface area contributed by atoms with Crippen molar-refractivity contribution in [2.75, 3.05) is 13.1 Å². The van der Waals surface area contributed by atoms with Crippen LogP contribution >= 0.6 is 22.7 Å². The number of thiazole rings is 2. The minimum absolute atomic E-state index is 0.430. The Morgan fingerprint density at radius 1 is 1.00 bits per heavy atom. The molecular weight excluding hydrogens is 358 g/mol. The van der Waals surface area contributed by atoms with Gasteiger partial charge in [0.1, 0.15) is 0 Å². The van der Waals surface area contributed by atoms with Crippen molar-refractivity contribution in [2.24, 2.45) is 0 Å². The molecule has 136 valence electrons. The summed E-state index contributed by atoms with van der Waals surface area (Å²) in [6.07, 6.45) is 10.5. The fraction of sp³-hybridized carbons (Fsp3) is 0.500. The molecule has 0 saturated heterocycles. The molecule has 0 saturated carbocycles. The normalized spacial score (nSPS) is 10.4. The highest BCUT2D eigenvalue weighted by Crippen LogP contribution is 2.08. The molecule has 0 radical (unpaired) electrons. The second kappa shape index (κ2) is 11.5. The van der Waals surface area contributed by atoms with Crippen molar-refractivity contribution in [1.82, 2.24) is 20.6 Å². The summed E-state index contributed by atoms with van der Waals surface area (Å²) in [6, 6.07) is 0. The van der Waals surface area contributed by atoms with Crippen LogP contribution in [-0.2, 0) is 12.8 Å². The highest BCUT2D eigenvalue weighted by Gasteiger charge is 2.03. The van der Waals surface area contributed by atoms with E-state index >= 15 is 0 Å². The van der Waals surface area contributed by atoms with Gasteiger partial charge >= 0.3 is 0 Å². The third-order valence-corrected chi connectivity index (χ3v) is 5.15. The van der Waals surface area contributed by atoms with E-state index < -0.39 is 4.92 Å². The van der Waals surface area contributed by atoms with Gasteiger partial charge in [-0.25, -0.2) is 9.97 Å². The number of nitrogens with zero attached hydrogens (tertiary/aromatic N) is 3. The van der Waals surface area contributed by atoms with Gasteiger partial charge in [-0.05, 0) is 38.5 Å². The third kappa shape index (κ3) is 8.59. The van der Waals surface area contributed by atoms with Crippen molar-refractivity contribution in [1.29, 1.82) is 0 Å². The first-order valence-corrected chi connectivity index (χ1v) is 10.1. The highest BCUT2D eigenvalue weighted by molar-refractivity contribution is 7.09. The van der Waals surface area contributed by atoms with E-state index in [0.29, 0.717) is 18.9 Å². The number of aryl methyl sites for hydroxylation is 2. The van der Waals surface area contributed by atoms with E-state index in [0.717, 1.165) is 54.7 Å². The van der Waals surface area contributed by atoms with Gasteiger partial charge in [0, 0.05) is 36.2 Å². The zero-order chi connectivity index (χ0) is 17.7. The summed E-state index contributed by atoms with van der Waals surface area (Å²) in [5, 5.41) is 23.2. The van der Waals surface area contributed by atoms with Crippen LogP contribution in [0.3, 0.4) is 0 Å². The molecule has 9 heteroatoms. The van der Waals surface area contributed by atoms with Gasteiger partial charge in [0.25, 0.3) is 6.20 Å². The molecule has 0 bridgehead atoms. The van der Waals surface area contributed by atoms with Crippen LogP contribution in [0.4, 0.5) is 0 Å². The van der Waals surface area contributed by atoms with Gasteiger partial charge in [-0.1, -0.05) is 0 Å². The Morgan fingerprint density at radius 2 is 1.52 bits per heavy atom. The predicted molar refractivity (Wildman–Crippen MR) is 101 cm³/mol. The standard InChI is InChI=1S/C16H23N5O2S2/c22-21(23)13-14(17-7-3-1-5-15-19-9-11-24-15)18-8-4-2-6-16-20-10-12-25-16/h9-13,17-18H,1-8H2. The topological polar surface area (TPSA) is 93.0 Å². The second-order valence-electron chi connectivity index (χ2n) is 5.45. The molecule has 0 fully saturated rings. The number of rotatable bonds is 13. The Bertz CT molecular complexity index is 583. The third-order valence-electron chi connectivity index (χ3n) is 3.47. The Balaban J connectivity index is 1.58. The molecule has 25 heavy (non-hydrogen) atoms. The zero-order valence-electron chi connectivity index (χ0n) is 14.0. The Kier molecular flexibility index (Phi) is 8.92. The number of aromatic nitrogens is 2. The maximum Gasteiger partial charge on any atom is 0.274 e. The first-order valence-electron chi connectivity index (χ1n) is 8.34. The van der Waals surface area contributed by atoms with Gasteiger partial charge in [-0.2, -0.15) is 0 Å². The van der Waals surface area contributed by atoms with Gasteiger partial charge < -0.3 is 10.6 Å². The molecule has 7 nitrogen and oxygen atoms in total. The van der Waals surface area contributed by atoms with Crippen LogP contribution in [0.25, 0.3) is 0 Å². The van der Waals surface area contributed by atoms with E-state index in [2.05, 4.69) is 20.6 Å². The second-order valence-corrected chi connectivity index (χ2v) is 7.41. The molecule has 2 aromatic heterocycles. The SMILES string of the molecule is O=[N+]([O-])C=C(NCCCCc1nccs1)NCCCCc1nccs1. The summed E-state index contributed by atoms with van der Waals surface area (Å²) in [6.45, 7) is 1.41. The summed E-state index contributed by atoms with van der Waals surface area (Å²) in [4.78, 5) is 18.8. The van der Waals surface area contributed by atoms with E-state index in [1.54, 1.807) is 22.7 Å². The minimum Gasteiger partial charge on any atom is -0.367 e. The molecule has 0 unspecified atom stereocenters. The van der Waals surface area contributed by atoms with Gasteiger partial charge in [-0.3, -0.25) is 10.1 Å². The van der Waals surface area contributed by atoms with Crippen molar-refractivity contribution in [3.05, 3.63) is 55.3 Å². The predicted octanol–water partition coefficient (Wildman–Crippen LogP) is 3.20. The molecule has 2 heterocycles. The summed E-state index contributed by atoms with van der Waals surface area (Å²) >= 11 is 3.32. The highest BCUT2D eigenvalue weighted by atomic mass is 32.1. The molecule has 0 aromatic carbocycles. The van der Waals surface area contributed by atoms with Gasteiger partial charge in [0.05, 0.1) is 14.9 Å². The minimum atomic E-state index is -0.430. The summed E-state index contributed by atoms with van der Waals surface area (Å²) < 4.78 is 0. The van der Waals surface area contributed by atoms with Gasteiger partial charge in [0.2, 0.25) is 0 Å². The number of nitrogens with one attached hydrogen (secondary N) is 2. The Labute approximate surface area is 155 Å². The van der Waals surface area contributed by atoms with Crippen molar-refractivity contribution >= 4 is 22.7 Å². The van der Waals surface area contributed by atoms with Crippen molar-refractivity contribution in [3.63, 3.8) is 0 Å². The van der Waals surface area contributed by atoms with Gasteiger partial charge in [0.15, 0.2) is 5.82 Å². The summed E-state index contributed by atoms with van der Waals surface area (Å²) in [5.74, 6) is 0.480. The van der Waals surface area contributed by atoms with E-state index in [1.807, 2.05) is 23.2 Å². The molecule has 2 aromatic rings. The van der Waals surface area contributed by atoms with Gasteiger partial charge in [-0.15, -0.1) is 22.7 Å². The monoisotopic (exact) mass is 381 g/mol. The lowest BCUT2D eigenvalue weighted by Crippen LogP contribution is -2.29. The Morgan fingerprint density at radius 3 is 1.92 bits per heavy atom. The number of nitro groups is 1. The first-order chi connectivity index (χ1) is 12.2. The molecule has 0 atom stereocenters. The quantitative estimate of drug-likeness (QED) is 0.314. The molecule has 0 spiro atoms. The zero-order valence-corrected chi connectivity index (χ0v) is 15.7. The molecule has 2 N–H and O–H groups in total. The maximum absolute atomic E-state index is 10.7. The fourth-order valence-electron chi connectivity index (χ4n) is 2.26. The van der Waals surface area contributed by atoms with E-state index in [-0.39, 0.29) is 0 Å². The lowest BCUT2D eigenvalue weighted by Gasteiger charge is -2.11. The van der Waals surface area contributed by atoms with E-state index in [9.17, 15) is 10.1 Å². The molecule has 0 aliphatic heterocycles. The molecule has 2 rings (SSSR count). The van der Waals surface area contributed by atoms with Crippen molar-refractivity contribution in [2.45, 2.75) is 38.5 Å². The average Bonchev–Trinajstić information content (AvgIpc) is 3.27. The van der Waals surface area contributed by atoms with Crippen LogP contribution in [0.15, 0.2) is 35.2 Å². The van der Waals surface area contributed by atoms with Crippen LogP contribution in [0.2, 0.25) is 0 Å². The molecule has 0 aliphatic rings. The maximum atomic E-state index is 10.7. The lowest BCUT2D eigenvalue weighted by molar-refractivity contribution is -0.404. The molecular formula is C16H23N5O2S2. The largest absolute Gasteiger partial charge is 0.367 e. The van der Waals surface area contributed by atoms with Crippen LogP contribution in [0.5, 0.6) is 0 Å². The number of unbranched alkanes of at least 4 members (excludes halogenated alkanes) is 2. The van der Waals surface area contributed by atoms with Crippen molar-refractivity contribution < 1.29 is 4.92 Å². The lowest BCUT2D eigenvalue weighted by atomic mass is 10.2. The first kappa shape index (κ1) is 19.3. The van der Waals surface area contributed by atoms with Crippen LogP contribution in [-0.4, -0.2) is 28.0 Å². The van der Waals surface area contributed by atoms with Crippen LogP contribution in [0.1, 0.15) is 35.7 Å². The van der Waals surface area contributed by atoms with Crippen LogP contribution in [0, 0.1) is 10.1 Å².